The molecule has 0 saturated heterocycles. The van der Waals surface area contributed by atoms with E-state index in [9.17, 15) is 4.79 Å². The fraction of sp³-hybridized carbons (Fsp3) is 0.344. The number of ether oxygens (including phenoxy) is 3. The maximum atomic E-state index is 12.8. The molecule has 1 aromatic heterocycles. The third-order valence-electron chi connectivity index (χ3n) is 7.19. The van der Waals surface area contributed by atoms with E-state index in [4.69, 9.17) is 24.4 Å². The van der Waals surface area contributed by atoms with Crippen LogP contribution in [0.5, 0.6) is 5.75 Å². The highest BCUT2D eigenvalue weighted by Gasteiger charge is 2.24. The molecule has 2 N–H and O–H groups in total. The number of rotatable bonds is 10. The summed E-state index contributed by atoms with van der Waals surface area (Å²) < 4.78 is 23.1. The number of methoxy groups -OCH3 is 1. The van der Waals surface area contributed by atoms with Gasteiger partial charge in [0.25, 0.3) is 0 Å². The minimum Gasteiger partial charge on any atom is -0.488 e. The Balaban J connectivity index is 1.45. The Hall–Kier alpha value is -3.61. The highest BCUT2D eigenvalue weighted by atomic mass is 16.6. The van der Waals surface area contributed by atoms with Crippen LogP contribution >= 0.6 is 0 Å². The van der Waals surface area contributed by atoms with E-state index in [0.717, 1.165) is 63.8 Å². The van der Waals surface area contributed by atoms with E-state index in [0.29, 0.717) is 19.8 Å². The predicted molar refractivity (Wildman–Crippen MR) is 148 cm³/mol. The highest BCUT2D eigenvalue weighted by molar-refractivity contribution is 5.93. The van der Waals surface area contributed by atoms with Crippen molar-refractivity contribution in [3.05, 3.63) is 88.2 Å². The highest BCUT2D eigenvalue weighted by Crippen LogP contribution is 2.38. The summed E-state index contributed by atoms with van der Waals surface area (Å²) in [6.07, 6.45) is 4.66. The molecule has 3 aromatic carbocycles. The predicted octanol–water partition coefficient (Wildman–Crippen LogP) is 6.06. The van der Waals surface area contributed by atoms with Gasteiger partial charge in [0.15, 0.2) is 0 Å². The first kappa shape index (κ1) is 26.0. The van der Waals surface area contributed by atoms with Crippen LogP contribution in [0, 0.1) is 6.92 Å². The number of benzene rings is 3. The summed E-state index contributed by atoms with van der Waals surface area (Å²) in [5.74, 6) is 0.539. The molecule has 1 aliphatic rings. The summed E-state index contributed by atoms with van der Waals surface area (Å²) in [7, 11) is 1.60. The second-order valence-electron chi connectivity index (χ2n) is 10.1. The molecule has 0 bridgehead atoms. The van der Waals surface area contributed by atoms with Crippen molar-refractivity contribution in [3.63, 3.8) is 0 Å². The molecule has 4 aromatic rings. The molecule has 0 fully saturated rings. The zero-order chi connectivity index (χ0) is 26.6. The SMILES string of the molecule is COCC(C)OC(=O)Cc1cc(C)c2c(c1OCc1cc(-c3cccc(CN)c3)c3occc3c1)CCC2. The summed E-state index contributed by atoms with van der Waals surface area (Å²) in [6, 6.07) is 16.5. The molecule has 6 heteroatoms. The van der Waals surface area contributed by atoms with Crippen molar-refractivity contribution in [2.45, 2.75) is 58.8 Å². The Morgan fingerprint density at radius 1 is 1.08 bits per heavy atom. The summed E-state index contributed by atoms with van der Waals surface area (Å²) >= 11 is 0. The second-order valence-corrected chi connectivity index (χ2v) is 10.1. The van der Waals surface area contributed by atoms with Crippen molar-refractivity contribution >= 4 is 16.9 Å². The summed E-state index contributed by atoms with van der Waals surface area (Å²) in [5, 5.41) is 1.02. The summed E-state index contributed by atoms with van der Waals surface area (Å²) in [6.45, 7) is 5.17. The van der Waals surface area contributed by atoms with Crippen LogP contribution in [0.15, 0.2) is 59.2 Å². The molecular formula is C32H35NO5. The van der Waals surface area contributed by atoms with Crippen molar-refractivity contribution in [2.75, 3.05) is 13.7 Å². The van der Waals surface area contributed by atoms with Gasteiger partial charge in [-0.1, -0.05) is 24.3 Å². The van der Waals surface area contributed by atoms with Gasteiger partial charge in [0.1, 0.15) is 24.0 Å². The molecule has 0 spiro atoms. The molecule has 0 saturated carbocycles. The van der Waals surface area contributed by atoms with E-state index >= 15 is 0 Å². The lowest BCUT2D eigenvalue weighted by Gasteiger charge is -2.19. The van der Waals surface area contributed by atoms with Crippen molar-refractivity contribution < 1.29 is 23.4 Å². The van der Waals surface area contributed by atoms with Gasteiger partial charge < -0.3 is 24.4 Å². The van der Waals surface area contributed by atoms with Gasteiger partial charge in [0.05, 0.1) is 19.3 Å². The lowest BCUT2D eigenvalue weighted by atomic mass is 9.97. The number of nitrogens with two attached hydrogens (primary N) is 1. The molecule has 1 unspecified atom stereocenters. The molecule has 0 aliphatic heterocycles. The first-order valence-corrected chi connectivity index (χ1v) is 13.2. The van der Waals surface area contributed by atoms with Crippen molar-refractivity contribution in [1.29, 1.82) is 0 Å². The average Bonchev–Trinajstić information content (AvgIpc) is 3.58. The first-order valence-electron chi connectivity index (χ1n) is 13.2. The molecule has 1 aliphatic carbocycles. The largest absolute Gasteiger partial charge is 0.488 e. The number of hydrogen-bond acceptors (Lipinski definition) is 6. The van der Waals surface area contributed by atoms with Gasteiger partial charge in [-0.05, 0) is 90.8 Å². The van der Waals surface area contributed by atoms with E-state index in [2.05, 4.69) is 37.3 Å². The average molecular weight is 514 g/mol. The minimum absolute atomic E-state index is 0.162. The van der Waals surface area contributed by atoms with E-state index in [1.54, 1.807) is 13.4 Å². The van der Waals surface area contributed by atoms with E-state index < -0.39 is 0 Å². The van der Waals surface area contributed by atoms with Crippen molar-refractivity contribution in [3.8, 4) is 16.9 Å². The maximum Gasteiger partial charge on any atom is 0.310 e. The smallest absolute Gasteiger partial charge is 0.310 e. The van der Waals surface area contributed by atoms with Gasteiger partial charge >= 0.3 is 5.97 Å². The van der Waals surface area contributed by atoms with Crippen molar-refractivity contribution in [2.24, 2.45) is 5.73 Å². The number of carbonyl (C=O) groups excluding carboxylic acids is 1. The van der Waals surface area contributed by atoms with Gasteiger partial charge in [-0.15, -0.1) is 0 Å². The van der Waals surface area contributed by atoms with E-state index in [-0.39, 0.29) is 18.5 Å². The van der Waals surface area contributed by atoms with Crippen molar-refractivity contribution in [1.82, 2.24) is 0 Å². The molecule has 5 rings (SSSR count). The molecule has 0 amide bonds. The molecular weight excluding hydrogens is 478 g/mol. The van der Waals surface area contributed by atoms with Gasteiger partial charge in [-0.25, -0.2) is 0 Å². The number of esters is 1. The standard InChI is InChI=1S/C32H35NO5/c1-20-12-26(16-30(34)38-21(2)18-35-3)32(28-9-5-8-27(20)28)37-19-23-14-25-10-11-36-31(25)29(15-23)24-7-4-6-22(13-24)17-33/h4,6-7,10-15,21H,5,8-9,16-19,33H2,1-3H3. The van der Waals surface area contributed by atoms with Crippen LogP contribution in [-0.4, -0.2) is 25.8 Å². The normalized spacial score (nSPS) is 13.5. The fourth-order valence-corrected chi connectivity index (χ4v) is 5.50. The topological polar surface area (TPSA) is 83.9 Å². The number of furan rings is 1. The third kappa shape index (κ3) is 5.47. The van der Waals surface area contributed by atoms with E-state index in [1.165, 1.54) is 16.7 Å². The van der Waals surface area contributed by atoms with Crippen LogP contribution in [0.4, 0.5) is 0 Å². The second kappa shape index (κ2) is 11.4. The van der Waals surface area contributed by atoms with E-state index in [1.807, 2.05) is 25.1 Å². The Labute approximate surface area is 223 Å². The molecule has 198 valence electrons. The Morgan fingerprint density at radius 2 is 1.92 bits per heavy atom. The number of aryl methyl sites for hydroxylation is 1. The first-order chi connectivity index (χ1) is 18.5. The van der Waals surface area contributed by atoms with Crippen LogP contribution in [0.1, 0.15) is 46.7 Å². The van der Waals surface area contributed by atoms with Gasteiger partial charge in [-0.3, -0.25) is 4.79 Å². The van der Waals surface area contributed by atoms with Crippen LogP contribution < -0.4 is 10.5 Å². The van der Waals surface area contributed by atoms with Crippen LogP contribution in [0.25, 0.3) is 22.1 Å². The van der Waals surface area contributed by atoms with Crippen LogP contribution in [-0.2, 0) is 46.7 Å². The van der Waals surface area contributed by atoms with Gasteiger partial charge in [-0.2, -0.15) is 0 Å². The monoisotopic (exact) mass is 513 g/mol. The Bertz CT molecular complexity index is 1450. The summed E-state index contributed by atoms with van der Waals surface area (Å²) in [4.78, 5) is 12.8. The zero-order valence-electron chi connectivity index (χ0n) is 22.3. The third-order valence-corrected chi connectivity index (χ3v) is 7.19. The number of fused-ring (bicyclic) bond motifs is 2. The van der Waals surface area contributed by atoms with Gasteiger partial charge in [0, 0.05) is 30.2 Å². The van der Waals surface area contributed by atoms with Crippen LogP contribution in [0.3, 0.4) is 0 Å². The molecule has 0 radical (unpaired) electrons. The molecule has 6 nitrogen and oxygen atoms in total. The maximum absolute atomic E-state index is 12.8. The molecule has 1 atom stereocenters. The summed E-state index contributed by atoms with van der Waals surface area (Å²) in [5.41, 5.74) is 15.5. The molecule has 38 heavy (non-hydrogen) atoms. The minimum atomic E-state index is -0.301. The lowest BCUT2D eigenvalue weighted by Crippen LogP contribution is -2.21. The Morgan fingerprint density at radius 3 is 2.74 bits per heavy atom. The number of hydrogen-bond donors (Lipinski definition) is 1. The van der Waals surface area contributed by atoms with Gasteiger partial charge in [0.2, 0.25) is 0 Å². The zero-order valence-corrected chi connectivity index (χ0v) is 22.3. The number of carbonyl (C=O) groups is 1. The fourth-order valence-electron chi connectivity index (χ4n) is 5.50. The lowest BCUT2D eigenvalue weighted by molar-refractivity contribution is -0.149. The quantitative estimate of drug-likeness (QED) is 0.260. The van der Waals surface area contributed by atoms with Crippen LogP contribution in [0.2, 0.25) is 0 Å². The molecule has 1 heterocycles. The Kier molecular flexibility index (Phi) is 7.82.